The van der Waals surface area contributed by atoms with Crippen LogP contribution in [0.15, 0.2) is 30.3 Å². The summed E-state index contributed by atoms with van der Waals surface area (Å²) in [5, 5.41) is 19.2. The van der Waals surface area contributed by atoms with Crippen molar-refractivity contribution >= 4 is 5.97 Å². The number of alkyl halides is 3. The van der Waals surface area contributed by atoms with E-state index in [1.807, 2.05) is 0 Å². The first-order chi connectivity index (χ1) is 10.2. The molecule has 0 aliphatic heterocycles. The second-order valence-electron chi connectivity index (χ2n) is 4.55. The van der Waals surface area contributed by atoms with Gasteiger partial charge in [-0.25, -0.2) is 4.79 Å². The van der Waals surface area contributed by atoms with Gasteiger partial charge in [0.05, 0.1) is 19.8 Å². The van der Waals surface area contributed by atoms with Gasteiger partial charge in [0.1, 0.15) is 0 Å². The maximum Gasteiger partial charge on any atom is 0.422 e. The normalized spacial score (nSPS) is 15.9. The lowest BCUT2D eigenvalue weighted by Gasteiger charge is -2.33. The van der Waals surface area contributed by atoms with Crippen molar-refractivity contribution in [3.05, 3.63) is 35.9 Å². The van der Waals surface area contributed by atoms with Crippen molar-refractivity contribution in [1.82, 2.24) is 0 Å². The van der Waals surface area contributed by atoms with Gasteiger partial charge < -0.3 is 19.7 Å². The quantitative estimate of drug-likeness (QED) is 0.743. The van der Waals surface area contributed by atoms with Gasteiger partial charge in [0.2, 0.25) is 5.60 Å². The summed E-state index contributed by atoms with van der Waals surface area (Å²) in [6, 6.07) is 8.30. The van der Waals surface area contributed by atoms with Crippen LogP contribution in [0.25, 0.3) is 0 Å². The van der Waals surface area contributed by atoms with Crippen LogP contribution in [0.2, 0.25) is 0 Å². The molecule has 0 spiro atoms. The smallest absolute Gasteiger partial charge is 0.422 e. The maximum atomic E-state index is 13.0. The van der Waals surface area contributed by atoms with E-state index in [9.17, 15) is 28.2 Å². The molecule has 2 N–H and O–H groups in total. The molecule has 0 aromatic heterocycles. The van der Waals surface area contributed by atoms with Gasteiger partial charge in [0, 0.05) is 0 Å². The monoisotopic (exact) mass is 322 g/mol. The fourth-order valence-electron chi connectivity index (χ4n) is 1.63. The summed E-state index contributed by atoms with van der Waals surface area (Å²) in [6.07, 6.45) is -8.06. The molecule has 0 fully saturated rings. The highest BCUT2D eigenvalue weighted by molar-refractivity contribution is 5.76. The van der Waals surface area contributed by atoms with Crippen LogP contribution < -0.4 is 0 Å². The number of hydrogen-bond acceptors (Lipinski definition) is 5. The van der Waals surface area contributed by atoms with E-state index in [2.05, 4.69) is 4.74 Å². The number of carbonyl (C=O) groups is 1. The molecule has 1 aromatic rings. The van der Waals surface area contributed by atoms with Crippen molar-refractivity contribution in [2.45, 2.75) is 31.4 Å². The molecule has 8 heteroatoms. The molecule has 22 heavy (non-hydrogen) atoms. The molecular weight excluding hydrogens is 305 g/mol. The molecule has 0 radical (unpaired) electrons. The molecular formula is C14H17F3O5. The van der Waals surface area contributed by atoms with Gasteiger partial charge in [-0.15, -0.1) is 0 Å². The SMILES string of the molecule is CCOC(=O)[C@H](O)[C@@](O)(COCc1ccccc1)C(F)(F)F. The average Bonchev–Trinajstić information content (AvgIpc) is 2.46. The topological polar surface area (TPSA) is 76.0 Å². The molecule has 124 valence electrons. The Kier molecular flexibility index (Phi) is 6.34. The first-order valence-electron chi connectivity index (χ1n) is 6.48. The Morgan fingerprint density at radius 2 is 1.86 bits per heavy atom. The number of esters is 1. The van der Waals surface area contributed by atoms with Gasteiger partial charge in [-0.2, -0.15) is 13.2 Å². The first-order valence-corrected chi connectivity index (χ1v) is 6.48. The summed E-state index contributed by atoms with van der Waals surface area (Å²) in [5.41, 5.74) is -3.16. The van der Waals surface area contributed by atoms with Gasteiger partial charge in [0.15, 0.2) is 6.10 Å². The minimum Gasteiger partial charge on any atom is -0.464 e. The van der Waals surface area contributed by atoms with Crippen molar-refractivity contribution in [3.8, 4) is 0 Å². The second-order valence-corrected chi connectivity index (χ2v) is 4.55. The molecule has 1 aromatic carbocycles. The van der Waals surface area contributed by atoms with Gasteiger partial charge in [-0.05, 0) is 12.5 Å². The first kappa shape index (κ1) is 18.4. The minimum absolute atomic E-state index is 0.214. The zero-order chi connectivity index (χ0) is 16.8. The zero-order valence-corrected chi connectivity index (χ0v) is 11.8. The van der Waals surface area contributed by atoms with Crippen molar-refractivity contribution in [2.75, 3.05) is 13.2 Å². The highest BCUT2D eigenvalue weighted by Crippen LogP contribution is 2.34. The van der Waals surface area contributed by atoms with E-state index in [1.165, 1.54) is 6.92 Å². The van der Waals surface area contributed by atoms with Gasteiger partial charge in [-0.1, -0.05) is 30.3 Å². The van der Waals surface area contributed by atoms with E-state index in [0.717, 1.165) is 0 Å². The average molecular weight is 322 g/mol. The Labute approximate surface area is 125 Å². The van der Waals surface area contributed by atoms with E-state index in [1.54, 1.807) is 30.3 Å². The van der Waals surface area contributed by atoms with Gasteiger partial charge in [0.25, 0.3) is 0 Å². The fourth-order valence-corrected chi connectivity index (χ4v) is 1.63. The van der Waals surface area contributed by atoms with Gasteiger partial charge >= 0.3 is 12.1 Å². The van der Waals surface area contributed by atoms with Crippen LogP contribution in [0, 0.1) is 0 Å². The number of carbonyl (C=O) groups excluding carboxylic acids is 1. The Bertz CT molecular complexity index is 477. The molecule has 0 saturated carbocycles. The highest BCUT2D eigenvalue weighted by Gasteiger charge is 2.61. The number of aliphatic hydroxyl groups excluding tert-OH is 1. The molecule has 0 saturated heterocycles. The maximum absolute atomic E-state index is 13.0. The summed E-state index contributed by atoms with van der Waals surface area (Å²) in [6.45, 7) is -0.377. The van der Waals surface area contributed by atoms with E-state index in [4.69, 9.17) is 4.74 Å². The van der Waals surface area contributed by atoms with E-state index in [0.29, 0.717) is 5.56 Å². The lowest BCUT2D eigenvalue weighted by Crippen LogP contribution is -2.60. The third kappa shape index (κ3) is 4.43. The molecule has 2 atom stereocenters. The van der Waals surface area contributed by atoms with Crippen LogP contribution in [0.5, 0.6) is 0 Å². The van der Waals surface area contributed by atoms with Crippen LogP contribution in [0.3, 0.4) is 0 Å². The Balaban J connectivity index is 2.78. The summed E-state index contributed by atoms with van der Waals surface area (Å²) >= 11 is 0. The number of rotatable bonds is 7. The molecule has 0 unspecified atom stereocenters. The summed E-state index contributed by atoms with van der Waals surface area (Å²) in [5.74, 6) is -1.56. The third-order valence-electron chi connectivity index (χ3n) is 2.89. The summed E-state index contributed by atoms with van der Waals surface area (Å²) < 4.78 is 48.1. The zero-order valence-electron chi connectivity index (χ0n) is 11.8. The third-order valence-corrected chi connectivity index (χ3v) is 2.89. The number of halogens is 3. The minimum atomic E-state index is -5.27. The second kappa shape index (κ2) is 7.57. The van der Waals surface area contributed by atoms with Crippen molar-refractivity contribution < 1.29 is 37.7 Å². The Hall–Kier alpha value is -1.64. The van der Waals surface area contributed by atoms with E-state index in [-0.39, 0.29) is 13.2 Å². The largest absolute Gasteiger partial charge is 0.464 e. The van der Waals surface area contributed by atoms with Crippen molar-refractivity contribution in [3.63, 3.8) is 0 Å². The highest BCUT2D eigenvalue weighted by atomic mass is 19.4. The predicted octanol–water partition coefficient (Wildman–Crippen LogP) is 1.42. The van der Waals surface area contributed by atoms with Gasteiger partial charge in [-0.3, -0.25) is 0 Å². The molecule has 5 nitrogen and oxygen atoms in total. The van der Waals surface area contributed by atoms with E-state index >= 15 is 0 Å². The standard InChI is InChI=1S/C14H17F3O5/c1-2-22-12(19)11(18)13(20,14(15,16)17)9-21-8-10-6-4-3-5-7-10/h3-7,11,18,20H,2,8-9H2,1H3/t11-,13-/m0/s1. The number of benzene rings is 1. The Morgan fingerprint density at radius 1 is 1.27 bits per heavy atom. The molecule has 0 aliphatic carbocycles. The lowest BCUT2D eigenvalue weighted by molar-refractivity contribution is -0.303. The number of ether oxygens (including phenoxy) is 2. The molecule has 0 heterocycles. The van der Waals surface area contributed by atoms with Crippen molar-refractivity contribution in [1.29, 1.82) is 0 Å². The molecule has 0 bridgehead atoms. The summed E-state index contributed by atoms with van der Waals surface area (Å²) in [7, 11) is 0. The number of aliphatic hydroxyl groups is 2. The van der Waals surface area contributed by atoms with Crippen LogP contribution in [0.4, 0.5) is 13.2 Å². The van der Waals surface area contributed by atoms with Crippen molar-refractivity contribution in [2.24, 2.45) is 0 Å². The lowest BCUT2D eigenvalue weighted by atomic mass is 9.97. The Morgan fingerprint density at radius 3 is 2.36 bits per heavy atom. The van der Waals surface area contributed by atoms with Crippen LogP contribution in [-0.2, 0) is 20.9 Å². The van der Waals surface area contributed by atoms with E-state index < -0.39 is 30.5 Å². The van der Waals surface area contributed by atoms with Crippen LogP contribution >= 0.6 is 0 Å². The fraction of sp³-hybridized carbons (Fsp3) is 0.500. The van der Waals surface area contributed by atoms with Crippen LogP contribution in [0.1, 0.15) is 12.5 Å². The van der Waals surface area contributed by atoms with Crippen LogP contribution in [-0.4, -0.2) is 47.3 Å². The molecule has 0 amide bonds. The predicted molar refractivity (Wildman–Crippen MR) is 69.7 cm³/mol. The molecule has 1 rings (SSSR count). The number of hydrogen-bond donors (Lipinski definition) is 2. The molecule has 0 aliphatic rings. The summed E-state index contributed by atoms with van der Waals surface area (Å²) in [4.78, 5) is 11.3.